The van der Waals surface area contributed by atoms with Gasteiger partial charge < -0.3 is 4.18 Å². The standard InChI is InChI=1S/C13H14O3S2/c1-9-7-10(2)13(11(3)8-9)16-18(14,15)12-5-4-6-17-12/h4-8H,1-3H3. The van der Waals surface area contributed by atoms with Gasteiger partial charge in [0.05, 0.1) is 0 Å². The van der Waals surface area contributed by atoms with Gasteiger partial charge in [-0.1, -0.05) is 23.8 Å². The fraction of sp³-hybridized carbons (Fsp3) is 0.231. The van der Waals surface area contributed by atoms with E-state index in [0.717, 1.165) is 28.0 Å². The third kappa shape index (κ3) is 2.57. The number of hydrogen-bond acceptors (Lipinski definition) is 4. The van der Waals surface area contributed by atoms with Gasteiger partial charge in [0, 0.05) is 0 Å². The molecule has 0 spiro atoms. The molecule has 0 bridgehead atoms. The topological polar surface area (TPSA) is 43.4 Å². The van der Waals surface area contributed by atoms with E-state index in [1.54, 1.807) is 17.5 Å². The van der Waals surface area contributed by atoms with Crippen molar-refractivity contribution in [3.05, 3.63) is 46.3 Å². The molecule has 0 radical (unpaired) electrons. The van der Waals surface area contributed by atoms with E-state index in [4.69, 9.17) is 4.18 Å². The van der Waals surface area contributed by atoms with E-state index in [0.29, 0.717) is 5.75 Å². The maximum absolute atomic E-state index is 12.0. The zero-order valence-electron chi connectivity index (χ0n) is 10.4. The highest BCUT2D eigenvalue weighted by Crippen LogP contribution is 2.29. The Morgan fingerprint density at radius 2 is 1.72 bits per heavy atom. The van der Waals surface area contributed by atoms with Crippen LogP contribution in [-0.4, -0.2) is 8.42 Å². The smallest absolute Gasteiger partial charge is 0.348 e. The second kappa shape index (κ2) is 4.74. The molecule has 0 unspecified atom stereocenters. The number of hydrogen-bond donors (Lipinski definition) is 0. The summed E-state index contributed by atoms with van der Waals surface area (Å²) in [7, 11) is -3.71. The van der Waals surface area contributed by atoms with Crippen LogP contribution in [0.4, 0.5) is 0 Å². The van der Waals surface area contributed by atoms with Crippen LogP contribution in [-0.2, 0) is 10.1 Å². The summed E-state index contributed by atoms with van der Waals surface area (Å²) in [5.41, 5.74) is 2.74. The normalized spacial score (nSPS) is 11.5. The lowest BCUT2D eigenvalue weighted by Gasteiger charge is -2.11. The maximum atomic E-state index is 12.0. The predicted octanol–water partition coefficient (Wildman–Crippen LogP) is 3.44. The van der Waals surface area contributed by atoms with Gasteiger partial charge in [0.1, 0.15) is 5.75 Å². The van der Waals surface area contributed by atoms with Gasteiger partial charge in [0.25, 0.3) is 0 Å². The van der Waals surface area contributed by atoms with Crippen LogP contribution in [0.1, 0.15) is 16.7 Å². The molecule has 1 aromatic heterocycles. The third-order valence-corrected chi connectivity index (χ3v) is 5.12. The van der Waals surface area contributed by atoms with Crippen LogP contribution in [0.5, 0.6) is 5.75 Å². The Morgan fingerprint density at radius 1 is 1.11 bits per heavy atom. The summed E-state index contributed by atoms with van der Waals surface area (Å²) in [6.45, 7) is 5.66. The first kappa shape index (κ1) is 13.1. The zero-order chi connectivity index (χ0) is 13.3. The number of aryl methyl sites for hydroxylation is 3. The lowest BCUT2D eigenvalue weighted by molar-refractivity contribution is 0.484. The van der Waals surface area contributed by atoms with Crippen molar-refractivity contribution in [3.8, 4) is 5.75 Å². The second-order valence-corrected chi connectivity index (χ2v) is 6.92. The largest absolute Gasteiger partial charge is 0.378 e. The van der Waals surface area contributed by atoms with Gasteiger partial charge >= 0.3 is 10.1 Å². The molecule has 3 nitrogen and oxygen atoms in total. The number of thiophene rings is 1. The van der Waals surface area contributed by atoms with Crippen molar-refractivity contribution in [1.29, 1.82) is 0 Å². The van der Waals surface area contributed by atoms with E-state index in [-0.39, 0.29) is 4.21 Å². The molecule has 0 saturated carbocycles. The van der Waals surface area contributed by atoms with Crippen molar-refractivity contribution in [3.63, 3.8) is 0 Å². The summed E-state index contributed by atoms with van der Waals surface area (Å²) >= 11 is 1.15. The zero-order valence-corrected chi connectivity index (χ0v) is 12.1. The first-order valence-corrected chi connectivity index (χ1v) is 7.75. The Balaban J connectivity index is 2.42. The van der Waals surface area contributed by atoms with Crippen LogP contribution in [0, 0.1) is 20.8 Å². The summed E-state index contributed by atoms with van der Waals surface area (Å²) in [5.74, 6) is 0.425. The molecule has 1 heterocycles. The van der Waals surface area contributed by atoms with Crippen molar-refractivity contribution in [2.75, 3.05) is 0 Å². The molecule has 0 fully saturated rings. The summed E-state index contributed by atoms with van der Waals surface area (Å²) < 4.78 is 29.5. The lowest BCUT2D eigenvalue weighted by atomic mass is 10.1. The van der Waals surface area contributed by atoms with Crippen molar-refractivity contribution in [2.24, 2.45) is 0 Å². The Bertz CT molecular complexity index is 633. The summed E-state index contributed by atoms with van der Waals surface area (Å²) in [6.07, 6.45) is 0. The fourth-order valence-corrected chi connectivity index (χ4v) is 3.85. The van der Waals surface area contributed by atoms with Crippen molar-refractivity contribution in [2.45, 2.75) is 25.0 Å². The summed E-state index contributed by atoms with van der Waals surface area (Å²) in [4.78, 5) is 0. The van der Waals surface area contributed by atoms with Gasteiger partial charge in [-0.15, -0.1) is 11.3 Å². The highest BCUT2D eigenvalue weighted by molar-refractivity contribution is 7.89. The van der Waals surface area contributed by atoms with Crippen molar-refractivity contribution >= 4 is 21.5 Å². The van der Waals surface area contributed by atoms with Gasteiger partial charge in [-0.25, -0.2) is 0 Å². The third-order valence-electron chi connectivity index (χ3n) is 2.54. The van der Waals surface area contributed by atoms with E-state index in [1.807, 2.05) is 32.9 Å². The van der Waals surface area contributed by atoms with Crippen LogP contribution >= 0.6 is 11.3 Å². The summed E-state index contributed by atoms with van der Waals surface area (Å²) in [5, 5.41) is 1.71. The molecule has 0 aliphatic heterocycles. The van der Waals surface area contributed by atoms with Crippen LogP contribution in [0.25, 0.3) is 0 Å². The summed E-state index contributed by atoms with van der Waals surface area (Å²) in [6, 6.07) is 7.05. The number of rotatable bonds is 3. The van der Waals surface area contributed by atoms with E-state index < -0.39 is 10.1 Å². The second-order valence-electron chi connectivity index (χ2n) is 4.20. The van der Waals surface area contributed by atoms with Crippen LogP contribution in [0.3, 0.4) is 0 Å². The molecule has 1 aromatic carbocycles. The molecule has 18 heavy (non-hydrogen) atoms. The predicted molar refractivity (Wildman–Crippen MR) is 72.8 cm³/mol. The fourth-order valence-electron chi connectivity index (χ4n) is 1.85. The average molecular weight is 282 g/mol. The molecular formula is C13H14O3S2. The molecule has 0 aliphatic rings. The number of benzene rings is 1. The Morgan fingerprint density at radius 3 is 2.22 bits per heavy atom. The first-order valence-electron chi connectivity index (χ1n) is 5.46. The van der Waals surface area contributed by atoms with E-state index in [9.17, 15) is 8.42 Å². The SMILES string of the molecule is Cc1cc(C)c(OS(=O)(=O)c2cccs2)c(C)c1. The van der Waals surface area contributed by atoms with Gasteiger partial charge in [0.2, 0.25) is 0 Å². The van der Waals surface area contributed by atoms with E-state index >= 15 is 0 Å². The molecule has 2 aromatic rings. The first-order chi connectivity index (χ1) is 8.40. The minimum absolute atomic E-state index is 0.224. The van der Waals surface area contributed by atoms with Gasteiger partial charge in [0.15, 0.2) is 4.21 Å². The molecule has 0 saturated heterocycles. The van der Waals surface area contributed by atoms with Gasteiger partial charge in [-0.05, 0) is 43.3 Å². The highest BCUT2D eigenvalue weighted by Gasteiger charge is 2.20. The van der Waals surface area contributed by atoms with Gasteiger partial charge in [-0.3, -0.25) is 0 Å². The highest BCUT2D eigenvalue weighted by atomic mass is 32.3. The minimum Gasteiger partial charge on any atom is -0.378 e. The lowest BCUT2D eigenvalue weighted by Crippen LogP contribution is -2.10. The quantitative estimate of drug-likeness (QED) is 0.810. The molecule has 0 aliphatic carbocycles. The van der Waals surface area contributed by atoms with Gasteiger partial charge in [-0.2, -0.15) is 8.42 Å². The Kier molecular flexibility index (Phi) is 3.45. The molecule has 96 valence electrons. The van der Waals surface area contributed by atoms with Crippen LogP contribution in [0.2, 0.25) is 0 Å². The maximum Gasteiger partial charge on any atom is 0.348 e. The molecule has 0 amide bonds. The van der Waals surface area contributed by atoms with Crippen LogP contribution in [0.15, 0.2) is 33.9 Å². The van der Waals surface area contributed by atoms with Crippen LogP contribution < -0.4 is 4.18 Å². The van der Waals surface area contributed by atoms with E-state index in [2.05, 4.69) is 0 Å². The molecular weight excluding hydrogens is 268 g/mol. The average Bonchev–Trinajstić information content (AvgIpc) is 2.77. The molecule has 0 N–H and O–H groups in total. The molecule has 2 rings (SSSR count). The Hall–Kier alpha value is -1.33. The minimum atomic E-state index is -3.71. The monoisotopic (exact) mass is 282 g/mol. The van der Waals surface area contributed by atoms with Crippen molar-refractivity contribution in [1.82, 2.24) is 0 Å². The Labute approximate surface area is 111 Å². The molecule has 5 heteroatoms. The van der Waals surface area contributed by atoms with Crippen molar-refractivity contribution < 1.29 is 12.6 Å². The van der Waals surface area contributed by atoms with E-state index in [1.165, 1.54) is 0 Å². The molecule has 0 atom stereocenters.